The molecule has 0 spiro atoms. The zero-order chi connectivity index (χ0) is 24.1. The second-order valence-corrected chi connectivity index (χ2v) is 7.78. The summed E-state index contributed by atoms with van der Waals surface area (Å²) >= 11 is 5.92. The van der Waals surface area contributed by atoms with Crippen molar-refractivity contribution in [2.24, 2.45) is 0 Å². The van der Waals surface area contributed by atoms with Gasteiger partial charge < -0.3 is 14.8 Å². The summed E-state index contributed by atoms with van der Waals surface area (Å²) in [6.07, 6.45) is 3.27. The lowest BCUT2D eigenvalue weighted by atomic mass is 10.1. The minimum atomic E-state index is -0.521. The minimum Gasteiger partial charge on any atom is -0.484 e. The monoisotopic (exact) mass is 483 g/mol. The Bertz CT molecular complexity index is 1240. The van der Waals surface area contributed by atoms with E-state index in [1.54, 1.807) is 24.5 Å². The van der Waals surface area contributed by atoms with Crippen LogP contribution in [-0.2, 0) is 16.1 Å². The topological polar surface area (TPSA) is 97.8 Å². The average Bonchev–Trinajstić information content (AvgIpc) is 2.84. The van der Waals surface area contributed by atoms with Gasteiger partial charge in [0.25, 0.3) is 5.91 Å². The molecular weight excluding hydrogens is 465 g/mol. The fraction of sp³-hybridized carbons (Fsp3) is 0.167. The first-order valence-corrected chi connectivity index (χ1v) is 10.6. The van der Waals surface area contributed by atoms with Gasteiger partial charge in [0, 0.05) is 24.5 Å². The maximum Gasteiger partial charge on any atom is 0.265 e. The third-order valence-corrected chi connectivity index (χ3v) is 5.29. The van der Waals surface area contributed by atoms with Crippen LogP contribution in [0.15, 0.2) is 60.9 Å². The number of benzene rings is 2. The molecule has 2 heterocycles. The van der Waals surface area contributed by atoms with Gasteiger partial charge in [0.1, 0.15) is 23.9 Å². The number of nitrogens with one attached hydrogen (secondary N) is 1. The van der Waals surface area contributed by atoms with Gasteiger partial charge in [-0.25, -0.2) is 4.39 Å². The minimum absolute atomic E-state index is 0.0423. The molecule has 0 fully saturated rings. The van der Waals surface area contributed by atoms with Crippen LogP contribution < -0.4 is 19.7 Å². The normalized spacial score (nSPS) is 12.5. The molecule has 0 atom stereocenters. The lowest BCUT2D eigenvalue weighted by Gasteiger charge is -2.29. The second kappa shape index (κ2) is 10.3. The smallest absolute Gasteiger partial charge is 0.265 e. The second-order valence-electron chi connectivity index (χ2n) is 7.38. The third-order valence-electron chi connectivity index (χ3n) is 4.99. The highest BCUT2D eigenvalue weighted by atomic mass is 35.5. The van der Waals surface area contributed by atoms with Crippen LogP contribution in [0.1, 0.15) is 15.9 Å². The zero-order valence-electron chi connectivity index (χ0n) is 17.8. The van der Waals surface area contributed by atoms with Gasteiger partial charge in [-0.1, -0.05) is 17.7 Å². The van der Waals surface area contributed by atoms with Gasteiger partial charge in [0.15, 0.2) is 19.0 Å². The quantitative estimate of drug-likeness (QED) is 0.494. The Morgan fingerprint density at radius 2 is 2.06 bits per heavy atom. The Morgan fingerprint density at radius 3 is 2.82 bits per heavy atom. The molecule has 34 heavy (non-hydrogen) atoms. The van der Waals surface area contributed by atoms with E-state index in [1.807, 2.05) is 6.07 Å². The largest absolute Gasteiger partial charge is 0.484 e. The first-order chi connectivity index (χ1) is 16.4. The highest BCUT2D eigenvalue weighted by Crippen LogP contribution is 2.33. The number of aromatic nitrogens is 1. The summed E-state index contributed by atoms with van der Waals surface area (Å²) in [6, 6.07) is 11.7. The van der Waals surface area contributed by atoms with Gasteiger partial charge in [-0.15, -0.1) is 0 Å². The van der Waals surface area contributed by atoms with Crippen molar-refractivity contribution >= 4 is 34.9 Å². The van der Waals surface area contributed by atoms with E-state index < -0.39 is 17.5 Å². The van der Waals surface area contributed by atoms with Gasteiger partial charge in [-0.2, -0.15) is 0 Å². The van der Waals surface area contributed by atoms with E-state index in [0.717, 1.165) is 11.6 Å². The van der Waals surface area contributed by atoms with E-state index in [-0.39, 0.29) is 48.5 Å². The van der Waals surface area contributed by atoms with Crippen molar-refractivity contribution in [3.63, 3.8) is 0 Å². The van der Waals surface area contributed by atoms with Gasteiger partial charge in [0.05, 0.1) is 10.7 Å². The summed E-state index contributed by atoms with van der Waals surface area (Å²) in [7, 11) is 0. The number of halogens is 2. The Balaban J connectivity index is 1.44. The molecule has 0 radical (unpaired) electrons. The Hall–Kier alpha value is -3.98. The van der Waals surface area contributed by atoms with Crippen LogP contribution in [0, 0.1) is 5.82 Å². The van der Waals surface area contributed by atoms with E-state index in [1.165, 1.54) is 29.2 Å². The van der Waals surface area contributed by atoms with Crippen LogP contribution in [0.2, 0.25) is 5.02 Å². The number of nitrogens with zero attached hydrogens (tertiary/aromatic N) is 2. The molecule has 2 aromatic carbocycles. The summed E-state index contributed by atoms with van der Waals surface area (Å²) in [6.45, 7) is -0.554. The summed E-state index contributed by atoms with van der Waals surface area (Å²) in [4.78, 5) is 42.9. The highest BCUT2D eigenvalue weighted by Gasteiger charge is 2.28. The van der Waals surface area contributed by atoms with Crippen LogP contribution in [0.25, 0.3) is 0 Å². The molecule has 2 amide bonds. The van der Waals surface area contributed by atoms with Gasteiger partial charge in [-0.05, 0) is 48.0 Å². The van der Waals surface area contributed by atoms with Gasteiger partial charge >= 0.3 is 0 Å². The number of pyridine rings is 1. The number of anilines is 1. The number of ketones is 1. The summed E-state index contributed by atoms with van der Waals surface area (Å²) in [5.41, 5.74) is 1.37. The molecule has 8 nitrogen and oxygen atoms in total. The molecule has 3 aromatic rings. The lowest BCUT2D eigenvalue weighted by Crippen LogP contribution is -2.45. The summed E-state index contributed by atoms with van der Waals surface area (Å²) in [5.74, 6) is -1.17. The molecule has 1 aromatic heterocycles. The van der Waals surface area contributed by atoms with Crippen molar-refractivity contribution in [1.82, 2.24) is 10.3 Å². The molecule has 0 bridgehead atoms. The van der Waals surface area contributed by atoms with E-state index >= 15 is 0 Å². The molecule has 0 saturated heterocycles. The molecule has 1 aliphatic rings. The van der Waals surface area contributed by atoms with Crippen LogP contribution in [0.4, 0.5) is 10.1 Å². The van der Waals surface area contributed by atoms with Crippen LogP contribution >= 0.6 is 11.6 Å². The third kappa shape index (κ3) is 5.49. The number of ether oxygens (including phenoxy) is 2. The van der Waals surface area contributed by atoms with Crippen molar-refractivity contribution in [1.29, 1.82) is 0 Å². The van der Waals surface area contributed by atoms with Crippen molar-refractivity contribution in [2.45, 2.75) is 6.54 Å². The molecule has 1 aliphatic heterocycles. The number of amides is 2. The number of fused-ring (bicyclic) bond motifs is 1. The number of hydrogen-bond donors (Lipinski definition) is 1. The Labute approximate surface area is 199 Å². The molecular formula is C24H19ClFN3O5. The standard InChI is InChI=1S/C24H19ClFN3O5/c25-18-9-17(26)4-6-21(18)33-13-20(30)16-3-5-22-19(8-16)29(24(32)14-34-22)12-23(31)28-11-15-2-1-7-27-10-15/h1-10H,11-14H2,(H,28,31). The highest BCUT2D eigenvalue weighted by molar-refractivity contribution is 6.32. The first kappa shape index (κ1) is 23.2. The van der Waals surface area contributed by atoms with Crippen molar-refractivity contribution < 1.29 is 28.2 Å². The van der Waals surface area contributed by atoms with Gasteiger partial charge in [0.2, 0.25) is 5.91 Å². The van der Waals surface area contributed by atoms with E-state index in [0.29, 0.717) is 11.4 Å². The summed E-state index contributed by atoms with van der Waals surface area (Å²) in [5, 5.41) is 2.79. The van der Waals surface area contributed by atoms with Crippen LogP contribution in [0.3, 0.4) is 0 Å². The SMILES string of the molecule is O=C(CN1C(=O)COc2ccc(C(=O)COc3ccc(F)cc3Cl)cc21)NCc1cccnc1. The predicted molar refractivity (Wildman–Crippen MR) is 122 cm³/mol. The number of carbonyl (C=O) groups is 3. The molecule has 0 saturated carbocycles. The number of carbonyl (C=O) groups excluding carboxylic acids is 3. The van der Waals surface area contributed by atoms with Crippen LogP contribution in [-0.4, -0.2) is 42.3 Å². The molecule has 1 N–H and O–H groups in total. The lowest BCUT2D eigenvalue weighted by molar-refractivity contribution is -0.125. The molecule has 0 unspecified atom stereocenters. The summed E-state index contributed by atoms with van der Waals surface area (Å²) < 4.78 is 24.0. The first-order valence-electron chi connectivity index (χ1n) is 10.2. The fourth-order valence-corrected chi connectivity index (χ4v) is 3.49. The van der Waals surface area contributed by atoms with E-state index in [9.17, 15) is 18.8 Å². The zero-order valence-corrected chi connectivity index (χ0v) is 18.5. The molecule has 10 heteroatoms. The van der Waals surface area contributed by atoms with E-state index in [2.05, 4.69) is 10.3 Å². The predicted octanol–water partition coefficient (Wildman–Crippen LogP) is 3.18. The number of rotatable bonds is 8. The Kier molecular flexibility index (Phi) is 7.03. The maximum absolute atomic E-state index is 13.2. The number of hydrogen-bond acceptors (Lipinski definition) is 6. The maximum atomic E-state index is 13.2. The van der Waals surface area contributed by atoms with E-state index in [4.69, 9.17) is 21.1 Å². The van der Waals surface area contributed by atoms with Crippen molar-refractivity contribution in [3.05, 3.63) is 82.9 Å². The molecule has 4 rings (SSSR count). The van der Waals surface area contributed by atoms with Crippen molar-refractivity contribution in [3.8, 4) is 11.5 Å². The van der Waals surface area contributed by atoms with Crippen LogP contribution in [0.5, 0.6) is 11.5 Å². The molecule has 174 valence electrons. The van der Waals surface area contributed by atoms with Crippen molar-refractivity contribution in [2.75, 3.05) is 24.7 Å². The Morgan fingerprint density at radius 1 is 1.21 bits per heavy atom. The average molecular weight is 484 g/mol. The van der Waals surface area contributed by atoms with Gasteiger partial charge in [-0.3, -0.25) is 24.3 Å². The fourth-order valence-electron chi connectivity index (χ4n) is 3.27. The number of Topliss-reactive ketones (excluding diaryl/α,β-unsaturated/α-hetero) is 1. The molecule has 0 aliphatic carbocycles.